The molecule has 0 aromatic carbocycles. The highest BCUT2D eigenvalue weighted by Gasteiger charge is 1.98. The van der Waals surface area contributed by atoms with Crippen molar-refractivity contribution in [1.29, 1.82) is 0 Å². The third kappa shape index (κ3) is 0.572. The van der Waals surface area contributed by atoms with Gasteiger partial charge in [0.2, 0.25) is 0 Å². The Labute approximate surface area is 57.3 Å². The average Bonchev–Trinajstić information content (AvgIpc) is 2.34. The zero-order valence-electron chi connectivity index (χ0n) is 5.20. The Bertz CT molecular complexity index is 353. The second kappa shape index (κ2) is 1.73. The highest BCUT2D eigenvalue weighted by Crippen LogP contribution is 2.20. The third-order valence-electron chi connectivity index (χ3n) is 1.43. The number of fused-ring (bicyclic) bond motifs is 1. The molecule has 0 aliphatic rings. The number of H-pyrrole nitrogens is 1. The normalized spacial score (nSPS) is 10.4. The number of aromatic hydroxyl groups is 1. The lowest BCUT2D eigenvalue weighted by atomic mass is 10.3. The van der Waals surface area contributed by atoms with Crippen molar-refractivity contribution in [3.8, 4) is 5.75 Å². The molecule has 0 bridgehead atoms. The summed E-state index contributed by atoms with van der Waals surface area (Å²) < 4.78 is 0. The molecule has 0 fully saturated rings. The van der Waals surface area contributed by atoms with Gasteiger partial charge in [0.25, 0.3) is 0 Å². The van der Waals surface area contributed by atoms with Crippen molar-refractivity contribution in [2.75, 3.05) is 0 Å². The van der Waals surface area contributed by atoms with Gasteiger partial charge in [-0.3, -0.25) is 0 Å². The van der Waals surface area contributed by atoms with Gasteiger partial charge in [0.1, 0.15) is 11.4 Å². The second-order valence-corrected chi connectivity index (χ2v) is 2.07. The lowest BCUT2D eigenvalue weighted by molar-refractivity contribution is 0.481. The summed E-state index contributed by atoms with van der Waals surface area (Å²) in [6, 6.07) is 3.60. The quantitative estimate of drug-likeness (QED) is 0.570. The van der Waals surface area contributed by atoms with E-state index in [-0.39, 0.29) is 5.75 Å². The van der Waals surface area contributed by atoms with E-state index in [0.717, 1.165) is 11.0 Å². The Balaban J connectivity index is 2.93. The van der Waals surface area contributed by atoms with Crippen molar-refractivity contribution >= 4 is 11.0 Å². The molecule has 0 amide bonds. The summed E-state index contributed by atoms with van der Waals surface area (Å²) >= 11 is 0. The van der Waals surface area contributed by atoms with E-state index in [1.807, 2.05) is 6.07 Å². The van der Waals surface area contributed by atoms with Crippen molar-refractivity contribution in [3.05, 3.63) is 24.5 Å². The van der Waals surface area contributed by atoms with Gasteiger partial charge in [0.05, 0.1) is 5.39 Å². The molecule has 2 aromatic heterocycles. The molecule has 10 heavy (non-hydrogen) atoms. The molecular weight excluding hydrogens is 128 g/mol. The van der Waals surface area contributed by atoms with Crippen molar-refractivity contribution in [3.63, 3.8) is 0 Å². The van der Waals surface area contributed by atoms with Gasteiger partial charge >= 0.3 is 0 Å². The minimum atomic E-state index is 0.253. The third-order valence-corrected chi connectivity index (χ3v) is 1.43. The highest BCUT2D eigenvalue weighted by molar-refractivity contribution is 5.82. The summed E-state index contributed by atoms with van der Waals surface area (Å²) in [5, 5.41) is 9.91. The van der Waals surface area contributed by atoms with E-state index in [4.69, 9.17) is 5.11 Å². The van der Waals surface area contributed by atoms with Crippen LogP contribution in [0.5, 0.6) is 5.75 Å². The molecule has 0 spiro atoms. The van der Waals surface area contributed by atoms with Gasteiger partial charge in [0, 0.05) is 12.4 Å². The van der Waals surface area contributed by atoms with E-state index in [0.29, 0.717) is 0 Å². The molecule has 2 heterocycles. The van der Waals surface area contributed by atoms with Crippen LogP contribution in [0.3, 0.4) is 0 Å². The first-order chi connectivity index (χ1) is 4.88. The molecule has 50 valence electrons. The van der Waals surface area contributed by atoms with E-state index >= 15 is 0 Å². The van der Waals surface area contributed by atoms with Gasteiger partial charge in [-0.25, -0.2) is 4.98 Å². The van der Waals surface area contributed by atoms with Gasteiger partial charge in [-0.2, -0.15) is 0 Å². The van der Waals surface area contributed by atoms with Crippen LogP contribution >= 0.6 is 0 Å². The van der Waals surface area contributed by atoms with E-state index in [1.54, 1.807) is 12.3 Å². The molecule has 3 heteroatoms. The van der Waals surface area contributed by atoms with Gasteiger partial charge in [-0.1, -0.05) is 0 Å². The minimum absolute atomic E-state index is 0.253. The van der Waals surface area contributed by atoms with Crippen molar-refractivity contribution in [1.82, 2.24) is 9.97 Å². The smallest absolute Gasteiger partial charge is 0.142 e. The Kier molecular flexibility index (Phi) is 0.917. The van der Waals surface area contributed by atoms with Crippen LogP contribution in [-0.2, 0) is 0 Å². The largest absolute Gasteiger partial charge is 0.506 e. The van der Waals surface area contributed by atoms with Crippen LogP contribution in [0.2, 0.25) is 0 Å². The number of hydrogen-bond donors (Lipinski definition) is 2. The Morgan fingerprint density at radius 1 is 1.50 bits per heavy atom. The highest BCUT2D eigenvalue weighted by atomic mass is 16.3. The summed E-state index contributed by atoms with van der Waals surface area (Å²) in [7, 11) is 0. The fourth-order valence-electron chi connectivity index (χ4n) is 0.941. The molecule has 0 aliphatic heterocycles. The Hall–Kier alpha value is -1.51. The molecule has 2 rings (SSSR count). The van der Waals surface area contributed by atoms with Crippen molar-refractivity contribution < 1.29 is 5.11 Å². The van der Waals surface area contributed by atoms with Gasteiger partial charge in [-0.15, -0.1) is 0 Å². The molecular formula is C7H6N2O. The predicted molar refractivity (Wildman–Crippen MR) is 37.8 cm³/mol. The first-order valence-corrected chi connectivity index (χ1v) is 2.99. The van der Waals surface area contributed by atoms with E-state index in [2.05, 4.69) is 9.97 Å². The Morgan fingerprint density at radius 2 is 2.40 bits per heavy atom. The van der Waals surface area contributed by atoms with E-state index in [1.165, 1.54) is 6.20 Å². The number of nitrogens with zero attached hydrogens (tertiary/aromatic N) is 1. The number of hydrogen-bond acceptors (Lipinski definition) is 2. The lowest BCUT2D eigenvalue weighted by Crippen LogP contribution is -1.70. The van der Waals surface area contributed by atoms with Crippen LogP contribution in [0.25, 0.3) is 11.0 Å². The second-order valence-electron chi connectivity index (χ2n) is 2.07. The van der Waals surface area contributed by atoms with E-state index in [9.17, 15) is 0 Å². The monoisotopic (exact) mass is 134 g/mol. The number of aromatic nitrogens is 2. The van der Waals surface area contributed by atoms with Gasteiger partial charge in [0.15, 0.2) is 0 Å². The van der Waals surface area contributed by atoms with Crippen LogP contribution < -0.4 is 0 Å². The minimum Gasteiger partial charge on any atom is -0.506 e. The molecule has 2 N–H and O–H groups in total. The standard InChI is InChI=1S/C7H6N2O/c10-6-4-9-7-5(6)2-1-3-8-7/h1-4,10H,(H,8,9). The van der Waals surface area contributed by atoms with Crippen molar-refractivity contribution in [2.24, 2.45) is 0 Å². The lowest BCUT2D eigenvalue weighted by Gasteiger charge is -1.85. The topological polar surface area (TPSA) is 48.9 Å². The fraction of sp³-hybridized carbons (Fsp3) is 0. The number of pyridine rings is 1. The van der Waals surface area contributed by atoms with Crippen molar-refractivity contribution in [2.45, 2.75) is 0 Å². The maximum Gasteiger partial charge on any atom is 0.142 e. The maximum atomic E-state index is 9.14. The summed E-state index contributed by atoms with van der Waals surface area (Å²) in [6.07, 6.45) is 3.20. The van der Waals surface area contributed by atoms with Crippen LogP contribution in [0, 0.1) is 0 Å². The first-order valence-electron chi connectivity index (χ1n) is 2.99. The average molecular weight is 134 g/mol. The van der Waals surface area contributed by atoms with Gasteiger partial charge < -0.3 is 10.1 Å². The fourth-order valence-corrected chi connectivity index (χ4v) is 0.941. The number of rotatable bonds is 0. The number of aromatic amines is 1. The molecule has 3 nitrogen and oxygen atoms in total. The maximum absolute atomic E-state index is 9.14. The molecule has 2 aromatic rings. The predicted octanol–water partition coefficient (Wildman–Crippen LogP) is 1.27. The zero-order chi connectivity index (χ0) is 6.97. The molecule has 0 radical (unpaired) electrons. The van der Waals surface area contributed by atoms with Crippen LogP contribution in [-0.4, -0.2) is 15.1 Å². The SMILES string of the molecule is Oc1c[nH]c2ncccc12. The number of nitrogens with one attached hydrogen (secondary N) is 1. The molecule has 0 saturated heterocycles. The summed E-state index contributed by atoms with van der Waals surface area (Å²) in [5.41, 5.74) is 0.722. The summed E-state index contributed by atoms with van der Waals surface area (Å²) in [6.45, 7) is 0. The molecule has 0 atom stereocenters. The summed E-state index contributed by atoms with van der Waals surface area (Å²) in [4.78, 5) is 6.81. The molecule has 0 unspecified atom stereocenters. The Morgan fingerprint density at radius 3 is 3.20 bits per heavy atom. The van der Waals surface area contributed by atoms with E-state index < -0.39 is 0 Å². The van der Waals surface area contributed by atoms with Crippen LogP contribution in [0.15, 0.2) is 24.5 Å². The van der Waals surface area contributed by atoms with Crippen LogP contribution in [0.1, 0.15) is 0 Å². The van der Waals surface area contributed by atoms with Gasteiger partial charge in [-0.05, 0) is 12.1 Å². The molecule has 0 saturated carbocycles. The van der Waals surface area contributed by atoms with Crippen LogP contribution in [0.4, 0.5) is 0 Å². The zero-order valence-corrected chi connectivity index (χ0v) is 5.20. The first kappa shape index (κ1) is 5.29. The summed E-state index contributed by atoms with van der Waals surface area (Å²) in [5.74, 6) is 0.253. The molecule has 0 aliphatic carbocycles.